The Morgan fingerprint density at radius 2 is 1.78 bits per heavy atom. The zero-order valence-corrected chi connectivity index (χ0v) is 17.3. The molecule has 0 radical (unpaired) electrons. The van der Waals surface area contributed by atoms with Crippen molar-refractivity contribution in [3.05, 3.63) is 63.0 Å². The van der Waals surface area contributed by atoms with Crippen molar-refractivity contribution < 1.29 is 14.3 Å². The summed E-state index contributed by atoms with van der Waals surface area (Å²) >= 11 is 13.7. The van der Waals surface area contributed by atoms with Gasteiger partial charge in [0.25, 0.3) is 11.8 Å². The maximum Gasteiger partial charge on any atom is 0.272 e. The number of rotatable bonds is 5. The first-order valence-electron chi connectivity index (χ1n) is 8.22. The Morgan fingerprint density at radius 1 is 1.04 bits per heavy atom. The number of carbonyl (C=O) groups is 2. The van der Waals surface area contributed by atoms with Gasteiger partial charge in [-0.3, -0.25) is 9.59 Å². The topological polar surface area (TPSA) is 46.6 Å². The first kappa shape index (κ1) is 19.8. The Labute approximate surface area is 172 Å². The van der Waals surface area contributed by atoms with E-state index in [0.717, 1.165) is 4.90 Å². The number of benzene rings is 2. The number of methoxy groups -OCH3 is 1. The van der Waals surface area contributed by atoms with E-state index in [1.807, 2.05) is 13.8 Å². The van der Waals surface area contributed by atoms with Crippen molar-refractivity contribution in [2.75, 3.05) is 12.0 Å². The van der Waals surface area contributed by atoms with Crippen LogP contribution in [0.4, 0.5) is 5.69 Å². The number of hydrogen-bond acceptors (Lipinski definition) is 4. The predicted molar refractivity (Wildman–Crippen MR) is 112 cm³/mol. The highest BCUT2D eigenvalue weighted by atomic mass is 35.5. The fourth-order valence-electron chi connectivity index (χ4n) is 2.77. The molecule has 0 N–H and O–H groups in total. The van der Waals surface area contributed by atoms with E-state index in [9.17, 15) is 9.59 Å². The van der Waals surface area contributed by atoms with Crippen molar-refractivity contribution in [1.29, 1.82) is 0 Å². The van der Waals surface area contributed by atoms with E-state index in [4.69, 9.17) is 27.9 Å². The molecular weight excluding hydrogens is 405 g/mol. The summed E-state index contributed by atoms with van der Waals surface area (Å²) in [6, 6.07) is 11.7. The summed E-state index contributed by atoms with van der Waals surface area (Å²) in [4.78, 5) is 27.9. The molecule has 1 aliphatic heterocycles. The van der Waals surface area contributed by atoms with Crippen LogP contribution in [-0.2, 0) is 9.59 Å². The molecular formula is C20H17Cl2NO3S. The van der Waals surface area contributed by atoms with Crippen LogP contribution >= 0.6 is 35.0 Å². The van der Waals surface area contributed by atoms with E-state index in [2.05, 4.69) is 0 Å². The van der Waals surface area contributed by atoms with E-state index in [1.54, 1.807) is 42.5 Å². The SMILES string of the molecule is COc1cccc(N2C(=O)C(SC(C)C)=C(c3ccc(Cl)cc3Cl)C2=O)c1. The summed E-state index contributed by atoms with van der Waals surface area (Å²) in [7, 11) is 1.53. The van der Waals surface area contributed by atoms with E-state index in [1.165, 1.54) is 18.9 Å². The van der Waals surface area contributed by atoms with Crippen molar-refractivity contribution in [1.82, 2.24) is 0 Å². The largest absolute Gasteiger partial charge is 0.497 e. The van der Waals surface area contributed by atoms with Crippen LogP contribution in [0.1, 0.15) is 19.4 Å². The van der Waals surface area contributed by atoms with Gasteiger partial charge in [-0.25, -0.2) is 4.90 Å². The van der Waals surface area contributed by atoms with E-state index >= 15 is 0 Å². The van der Waals surface area contributed by atoms with Gasteiger partial charge in [-0.1, -0.05) is 49.2 Å². The van der Waals surface area contributed by atoms with Crippen LogP contribution in [0.25, 0.3) is 5.57 Å². The minimum atomic E-state index is -0.416. The maximum absolute atomic E-state index is 13.2. The fraction of sp³-hybridized carbons (Fsp3) is 0.200. The molecule has 7 heteroatoms. The molecule has 140 valence electrons. The number of nitrogens with zero attached hydrogens (tertiary/aromatic N) is 1. The van der Waals surface area contributed by atoms with Gasteiger partial charge in [0.05, 0.1) is 28.3 Å². The predicted octanol–water partition coefficient (Wildman–Crippen LogP) is 5.43. The van der Waals surface area contributed by atoms with Gasteiger partial charge in [0, 0.05) is 21.9 Å². The molecule has 0 aromatic heterocycles. The molecule has 4 nitrogen and oxygen atoms in total. The fourth-order valence-corrected chi connectivity index (χ4v) is 4.25. The van der Waals surface area contributed by atoms with E-state index in [0.29, 0.717) is 37.5 Å². The van der Waals surface area contributed by atoms with Gasteiger partial charge in [0.15, 0.2) is 0 Å². The monoisotopic (exact) mass is 421 g/mol. The minimum Gasteiger partial charge on any atom is -0.497 e. The lowest BCUT2D eigenvalue weighted by Crippen LogP contribution is -2.31. The molecule has 0 spiro atoms. The average molecular weight is 422 g/mol. The Hall–Kier alpha value is -1.95. The summed E-state index contributed by atoms with van der Waals surface area (Å²) in [6.45, 7) is 3.93. The summed E-state index contributed by atoms with van der Waals surface area (Å²) < 4.78 is 5.22. The average Bonchev–Trinajstić information content (AvgIpc) is 2.85. The van der Waals surface area contributed by atoms with Crippen LogP contribution in [0, 0.1) is 0 Å². The van der Waals surface area contributed by atoms with Crippen molar-refractivity contribution in [3.63, 3.8) is 0 Å². The lowest BCUT2D eigenvalue weighted by Gasteiger charge is -2.16. The first-order valence-corrected chi connectivity index (χ1v) is 9.86. The van der Waals surface area contributed by atoms with Gasteiger partial charge in [-0.15, -0.1) is 11.8 Å². The highest BCUT2D eigenvalue weighted by Crippen LogP contribution is 2.42. The molecule has 2 amide bonds. The van der Waals surface area contributed by atoms with Gasteiger partial charge in [-0.2, -0.15) is 0 Å². The molecule has 1 heterocycles. The highest BCUT2D eigenvalue weighted by Gasteiger charge is 2.41. The number of anilines is 1. The second kappa shape index (κ2) is 7.97. The molecule has 2 aromatic carbocycles. The normalized spacial score (nSPS) is 14.5. The third-order valence-corrected chi connectivity index (χ3v) is 5.54. The number of imide groups is 1. The summed E-state index contributed by atoms with van der Waals surface area (Å²) in [6.07, 6.45) is 0. The van der Waals surface area contributed by atoms with Crippen molar-refractivity contribution >= 4 is 58.0 Å². The van der Waals surface area contributed by atoms with Gasteiger partial charge in [0.2, 0.25) is 0 Å². The third kappa shape index (κ3) is 3.86. The molecule has 0 saturated carbocycles. The Balaban J connectivity index is 2.14. The van der Waals surface area contributed by atoms with Crippen LogP contribution in [-0.4, -0.2) is 24.2 Å². The number of amides is 2. The van der Waals surface area contributed by atoms with Crippen LogP contribution in [0.2, 0.25) is 10.0 Å². The van der Waals surface area contributed by atoms with Gasteiger partial charge in [-0.05, 0) is 24.3 Å². The standard InChI is InChI=1S/C20H17Cl2NO3S/c1-11(2)27-18-17(15-8-7-12(21)9-16(15)22)19(24)23(20(18)25)13-5-4-6-14(10-13)26-3/h4-11H,1-3H3. The van der Waals surface area contributed by atoms with Crippen LogP contribution in [0.5, 0.6) is 5.75 Å². The lowest BCUT2D eigenvalue weighted by atomic mass is 10.1. The first-order chi connectivity index (χ1) is 12.8. The molecule has 3 rings (SSSR count). The molecule has 0 atom stereocenters. The second-order valence-corrected chi connectivity index (χ2v) is 8.57. The molecule has 0 saturated heterocycles. The van der Waals surface area contributed by atoms with Crippen molar-refractivity contribution in [2.45, 2.75) is 19.1 Å². The minimum absolute atomic E-state index is 0.114. The van der Waals surface area contributed by atoms with E-state index in [-0.39, 0.29) is 11.2 Å². The molecule has 0 unspecified atom stereocenters. The van der Waals surface area contributed by atoms with Gasteiger partial charge < -0.3 is 4.74 Å². The van der Waals surface area contributed by atoms with Crippen molar-refractivity contribution in [2.24, 2.45) is 0 Å². The summed E-state index contributed by atoms with van der Waals surface area (Å²) in [5.74, 6) is -0.224. The molecule has 2 aromatic rings. The molecule has 27 heavy (non-hydrogen) atoms. The Bertz CT molecular complexity index is 956. The molecule has 1 aliphatic rings. The maximum atomic E-state index is 13.2. The number of thioether (sulfide) groups is 1. The van der Waals surface area contributed by atoms with Crippen LogP contribution in [0.3, 0.4) is 0 Å². The lowest BCUT2D eigenvalue weighted by molar-refractivity contribution is -0.119. The second-order valence-electron chi connectivity index (χ2n) is 6.14. The molecule has 0 fully saturated rings. The van der Waals surface area contributed by atoms with Crippen LogP contribution < -0.4 is 9.64 Å². The number of carbonyl (C=O) groups excluding carboxylic acids is 2. The zero-order chi connectivity index (χ0) is 19.7. The summed E-state index contributed by atoms with van der Waals surface area (Å²) in [5.41, 5.74) is 1.24. The van der Waals surface area contributed by atoms with Crippen molar-refractivity contribution in [3.8, 4) is 5.75 Å². The van der Waals surface area contributed by atoms with E-state index < -0.39 is 5.91 Å². The number of ether oxygens (including phenoxy) is 1. The smallest absolute Gasteiger partial charge is 0.272 e. The number of halogens is 2. The number of hydrogen-bond donors (Lipinski definition) is 0. The molecule has 0 bridgehead atoms. The summed E-state index contributed by atoms with van der Waals surface area (Å²) in [5, 5.41) is 0.903. The third-order valence-electron chi connectivity index (χ3n) is 3.91. The molecule has 0 aliphatic carbocycles. The van der Waals surface area contributed by atoms with Gasteiger partial charge in [0.1, 0.15) is 5.75 Å². The Morgan fingerprint density at radius 3 is 2.41 bits per heavy atom. The highest BCUT2D eigenvalue weighted by molar-refractivity contribution is 8.04. The Kier molecular flexibility index (Phi) is 5.84. The quantitative estimate of drug-likeness (QED) is 0.603. The van der Waals surface area contributed by atoms with Gasteiger partial charge >= 0.3 is 0 Å². The van der Waals surface area contributed by atoms with Crippen LogP contribution in [0.15, 0.2) is 47.4 Å². The zero-order valence-electron chi connectivity index (χ0n) is 15.0.